The minimum Gasteiger partial charge on any atom is -0.379 e. The maximum Gasteiger partial charge on any atom is 0.246 e. The lowest BCUT2D eigenvalue weighted by Gasteiger charge is -2.37. The number of rotatable bonds is 8. The summed E-state index contributed by atoms with van der Waals surface area (Å²) in [5.74, 6) is 0.449. The molecule has 1 amide bonds. The number of benzene rings is 2. The van der Waals surface area contributed by atoms with E-state index in [-0.39, 0.29) is 5.91 Å². The molecule has 30 heavy (non-hydrogen) atoms. The van der Waals surface area contributed by atoms with Crippen molar-refractivity contribution in [2.24, 2.45) is 5.92 Å². The summed E-state index contributed by atoms with van der Waals surface area (Å²) in [5.41, 5.74) is 4.10. The van der Waals surface area contributed by atoms with Crippen LogP contribution in [0.15, 0.2) is 48.5 Å². The van der Waals surface area contributed by atoms with Crippen molar-refractivity contribution in [2.45, 2.75) is 39.8 Å². The number of anilines is 1. The van der Waals surface area contributed by atoms with Crippen LogP contribution in [-0.2, 0) is 9.53 Å². The standard InChI is InChI=1S/C25H35N3O2/c1-18(2)23(28-10-12-30-13-11-28)17-26-24(21-8-6-5-7-9-21)25(29)27-22-15-19(3)14-20(4)16-22/h5-9,14-16,18,23-24,26H,10-13,17H2,1-4H3,(H,27,29). The molecule has 3 rings (SSSR count). The second kappa shape index (κ2) is 10.7. The molecule has 1 aliphatic heterocycles. The Morgan fingerprint density at radius 3 is 2.27 bits per heavy atom. The van der Waals surface area contributed by atoms with Gasteiger partial charge in [-0.25, -0.2) is 0 Å². The minimum absolute atomic E-state index is 0.0318. The highest BCUT2D eigenvalue weighted by Crippen LogP contribution is 2.20. The molecule has 5 heteroatoms. The molecule has 1 saturated heterocycles. The molecule has 2 unspecified atom stereocenters. The highest BCUT2D eigenvalue weighted by molar-refractivity contribution is 5.95. The summed E-state index contributed by atoms with van der Waals surface area (Å²) < 4.78 is 5.52. The van der Waals surface area contributed by atoms with Gasteiger partial charge in [0.25, 0.3) is 0 Å². The van der Waals surface area contributed by atoms with Gasteiger partial charge in [-0.15, -0.1) is 0 Å². The zero-order chi connectivity index (χ0) is 21.5. The Kier molecular flexibility index (Phi) is 8.02. The lowest BCUT2D eigenvalue weighted by Crippen LogP contribution is -2.51. The molecule has 2 aromatic carbocycles. The van der Waals surface area contributed by atoms with Crippen LogP contribution in [0, 0.1) is 19.8 Å². The fourth-order valence-corrected chi connectivity index (χ4v) is 4.20. The zero-order valence-electron chi connectivity index (χ0n) is 18.7. The molecule has 0 radical (unpaired) electrons. The van der Waals surface area contributed by atoms with Crippen LogP contribution in [0.1, 0.15) is 36.6 Å². The van der Waals surface area contributed by atoms with Crippen LogP contribution in [0.5, 0.6) is 0 Å². The smallest absolute Gasteiger partial charge is 0.246 e. The van der Waals surface area contributed by atoms with Crippen molar-refractivity contribution in [3.8, 4) is 0 Å². The van der Waals surface area contributed by atoms with Crippen LogP contribution in [0.2, 0.25) is 0 Å². The maximum absolute atomic E-state index is 13.3. The molecule has 5 nitrogen and oxygen atoms in total. The fourth-order valence-electron chi connectivity index (χ4n) is 4.20. The number of hydrogen-bond acceptors (Lipinski definition) is 4. The predicted octanol–water partition coefficient (Wildman–Crippen LogP) is 3.93. The van der Waals surface area contributed by atoms with Gasteiger partial charge < -0.3 is 15.4 Å². The zero-order valence-corrected chi connectivity index (χ0v) is 18.7. The Labute approximate surface area is 180 Å². The second-order valence-corrected chi connectivity index (χ2v) is 8.58. The fraction of sp³-hybridized carbons (Fsp3) is 0.480. The molecule has 0 aliphatic carbocycles. The molecule has 162 valence electrons. The Bertz CT molecular complexity index is 796. The van der Waals surface area contributed by atoms with Gasteiger partial charge in [0.1, 0.15) is 6.04 Å². The topological polar surface area (TPSA) is 53.6 Å². The van der Waals surface area contributed by atoms with Gasteiger partial charge in [0.15, 0.2) is 0 Å². The van der Waals surface area contributed by atoms with Crippen molar-refractivity contribution >= 4 is 11.6 Å². The molecular weight excluding hydrogens is 374 g/mol. The average Bonchev–Trinajstić information content (AvgIpc) is 2.71. The quantitative estimate of drug-likeness (QED) is 0.694. The maximum atomic E-state index is 13.3. The summed E-state index contributed by atoms with van der Waals surface area (Å²) in [7, 11) is 0. The van der Waals surface area contributed by atoms with E-state index in [9.17, 15) is 4.79 Å². The first-order valence-corrected chi connectivity index (χ1v) is 10.9. The van der Waals surface area contributed by atoms with Crippen molar-refractivity contribution in [2.75, 3.05) is 38.2 Å². The summed E-state index contributed by atoms with van der Waals surface area (Å²) in [6.45, 7) is 12.8. The molecule has 0 saturated carbocycles. The average molecular weight is 410 g/mol. The van der Waals surface area contributed by atoms with Crippen LogP contribution in [0.3, 0.4) is 0 Å². The molecule has 1 heterocycles. The summed E-state index contributed by atoms with van der Waals surface area (Å²) in [4.78, 5) is 15.8. The molecule has 2 aromatic rings. The van der Waals surface area contributed by atoms with Crippen LogP contribution in [0.4, 0.5) is 5.69 Å². The third kappa shape index (κ3) is 6.14. The lowest BCUT2D eigenvalue weighted by molar-refractivity contribution is -0.118. The molecule has 1 fully saturated rings. The van der Waals surface area contributed by atoms with Gasteiger partial charge in [0, 0.05) is 31.4 Å². The van der Waals surface area contributed by atoms with Crippen molar-refractivity contribution < 1.29 is 9.53 Å². The van der Waals surface area contributed by atoms with E-state index in [4.69, 9.17) is 4.74 Å². The van der Waals surface area contributed by atoms with Crippen molar-refractivity contribution in [1.82, 2.24) is 10.2 Å². The van der Waals surface area contributed by atoms with E-state index in [0.29, 0.717) is 12.0 Å². The number of nitrogens with one attached hydrogen (secondary N) is 2. The monoisotopic (exact) mass is 409 g/mol. The summed E-state index contributed by atoms with van der Waals surface area (Å²) in [5, 5.41) is 6.69. The predicted molar refractivity (Wildman–Crippen MR) is 123 cm³/mol. The third-order valence-corrected chi connectivity index (χ3v) is 5.70. The van der Waals surface area contributed by atoms with Gasteiger partial charge >= 0.3 is 0 Å². The number of ether oxygens (including phenoxy) is 1. The Morgan fingerprint density at radius 2 is 1.67 bits per heavy atom. The number of carbonyl (C=O) groups is 1. The summed E-state index contributed by atoms with van der Waals surface area (Å²) >= 11 is 0. The first-order valence-electron chi connectivity index (χ1n) is 10.9. The van der Waals surface area contributed by atoms with Gasteiger partial charge in [-0.3, -0.25) is 9.69 Å². The van der Waals surface area contributed by atoms with Crippen LogP contribution in [-0.4, -0.2) is 49.7 Å². The van der Waals surface area contributed by atoms with Gasteiger partial charge in [-0.05, 0) is 48.6 Å². The Morgan fingerprint density at radius 1 is 1.03 bits per heavy atom. The van der Waals surface area contributed by atoms with E-state index in [2.05, 4.69) is 35.4 Å². The van der Waals surface area contributed by atoms with Crippen molar-refractivity contribution in [3.05, 3.63) is 65.2 Å². The molecule has 1 aliphatic rings. The van der Waals surface area contributed by atoms with Crippen LogP contribution >= 0.6 is 0 Å². The molecule has 2 N–H and O–H groups in total. The van der Waals surface area contributed by atoms with Crippen molar-refractivity contribution in [3.63, 3.8) is 0 Å². The molecule has 2 atom stereocenters. The number of aryl methyl sites for hydroxylation is 2. The molecule has 0 spiro atoms. The number of carbonyl (C=O) groups excluding carboxylic acids is 1. The van der Waals surface area contributed by atoms with Crippen LogP contribution < -0.4 is 10.6 Å². The van der Waals surface area contributed by atoms with Gasteiger partial charge in [-0.1, -0.05) is 50.2 Å². The summed E-state index contributed by atoms with van der Waals surface area (Å²) in [6.07, 6.45) is 0. The van der Waals surface area contributed by atoms with E-state index in [1.807, 2.05) is 56.3 Å². The largest absolute Gasteiger partial charge is 0.379 e. The van der Waals surface area contributed by atoms with Gasteiger partial charge in [0.05, 0.1) is 13.2 Å². The molecule has 0 aromatic heterocycles. The van der Waals surface area contributed by atoms with Crippen LogP contribution in [0.25, 0.3) is 0 Å². The first kappa shape index (κ1) is 22.5. The van der Waals surface area contributed by atoms with E-state index < -0.39 is 6.04 Å². The SMILES string of the molecule is Cc1cc(C)cc(NC(=O)C(NCC(C(C)C)N2CCOCC2)c2ccccc2)c1. The number of nitrogens with zero attached hydrogens (tertiary/aromatic N) is 1. The Hall–Kier alpha value is -2.21. The van der Waals surface area contributed by atoms with E-state index in [1.165, 1.54) is 0 Å². The van der Waals surface area contributed by atoms with E-state index in [1.54, 1.807) is 0 Å². The molecular formula is C25H35N3O2. The number of hydrogen-bond donors (Lipinski definition) is 2. The number of amides is 1. The van der Waals surface area contributed by atoms with E-state index >= 15 is 0 Å². The third-order valence-electron chi connectivity index (χ3n) is 5.70. The highest BCUT2D eigenvalue weighted by Gasteiger charge is 2.27. The van der Waals surface area contributed by atoms with Gasteiger partial charge in [-0.2, -0.15) is 0 Å². The van der Waals surface area contributed by atoms with Gasteiger partial charge in [0.2, 0.25) is 5.91 Å². The number of morpholine rings is 1. The van der Waals surface area contributed by atoms with E-state index in [0.717, 1.165) is 55.2 Å². The molecule has 0 bridgehead atoms. The minimum atomic E-state index is -0.408. The second-order valence-electron chi connectivity index (χ2n) is 8.58. The van der Waals surface area contributed by atoms with Crippen molar-refractivity contribution in [1.29, 1.82) is 0 Å². The summed E-state index contributed by atoms with van der Waals surface area (Å²) in [6, 6.07) is 16.0. The Balaban J connectivity index is 1.75. The highest BCUT2D eigenvalue weighted by atomic mass is 16.5. The lowest BCUT2D eigenvalue weighted by atomic mass is 10.00. The first-order chi connectivity index (χ1) is 14.4. The normalized spacial score (nSPS) is 17.0.